The van der Waals surface area contributed by atoms with E-state index in [0.717, 1.165) is 24.2 Å². The van der Waals surface area contributed by atoms with E-state index in [1.807, 2.05) is 36.1 Å². The number of aryl methyl sites for hydroxylation is 1. The minimum Gasteiger partial charge on any atom is -0.330 e. The van der Waals surface area contributed by atoms with Crippen LogP contribution in [0, 0.1) is 6.92 Å². The lowest BCUT2D eigenvalue weighted by Crippen LogP contribution is -2.24. The van der Waals surface area contributed by atoms with Gasteiger partial charge >= 0.3 is 0 Å². The van der Waals surface area contributed by atoms with Gasteiger partial charge in [0.25, 0.3) is 5.56 Å². The molecule has 1 aromatic carbocycles. The molecule has 0 bridgehead atoms. The molecule has 0 spiro atoms. The van der Waals surface area contributed by atoms with Gasteiger partial charge < -0.3 is 15.6 Å². The molecule has 1 aromatic heterocycles. The zero-order valence-electron chi connectivity index (χ0n) is 11.0. The average Bonchev–Trinajstić information content (AvgIpc) is 2.41. The Morgan fingerprint density at radius 3 is 2.84 bits per heavy atom. The van der Waals surface area contributed by atoms with E-state index >= 15 is 0 Å². The number of aromatic nitrogens is 2. The van der Waals surface area contributed by atoms with E-state index in [0.29, 0.717) is 12.4 Å². The largest absolute Gasteiger partial charge is 0.330 e. The molecule has 100 valence electrons. The van der Waals surface area contributed by atoms with Crippen molar-refractivity contribution in [3.63, 3.8) is 0 Å². The van der Waals surface area contributed by atoms with Gasteiger partial charge in [-0.2, -0.15) is 0 Å². The molecule has 19 heavy (non-hydrogen) atoms. The molecule has 0 atom stereocenters. The quantitative estimate of drug-likeness (QED) is 0.853. The van der Waals surface area contributed by atoms with Gasteiger partial charge in [0.2, 0.25) is 0 Å². The molecule has 0 fully saturated rings. The summed E-state index contributed by atoms with van der Waals surface area (Å²) in [5, 5.41) is 0. The molecular formula is C14H18N4O. The van der Waals surface area contributed by atoms with Crippen LogP contribution in [0.25, 0.3) is 0 Å². The number of nitrogens with one attached hydrogen (secondary N) is 1. The lowest BCUT2D eigenvalue weighted by Gasteiger charge is -2.25. The highest BCUT2D eigenvalue weighted by atomic mass is 16.1. The Kier molecular flexibility index (Phi) is 4.30. The Morgan fingerprint density at radius 2 is 2.16 bits per heavy atom. The number of nitrogens with two attached hydrogens (primary N) is 1. The Morgan fingerprint density at radius 1 is 1.37 bits per heavy atom. The first kappa shape index (κ1) is 13.3. The zero-order chi connectivity index (χ0) is 13.7. The van der Waals surface area contributed by atoms with Gasteiger partial charge in [-0.15, -0.1) is 0 Å². The van der Waals surface area contributed by atoms with Crippen molar-refractivity contribution in [1.82, 2.24) is 9.97 Å². The third kappa shape index (κ3) is 3.20. The SMILES string of the molecule is Cc1ccccc1N(CCCN)c1cc(=O)[nH]cn1. The molecule has 0 saturated heterocycles. The third-order valence-electron chi connectivity index (χ3n) is 2.93. The van der Waals surface area contributed by atoms with Crippen molar-refractivity contribution in [2.75, 3.05) is 18.0 Å². The fourth-order valence-electron chi connectivity index (χ4n) is 1.98. The summed E-state index contributed by atoms with van der Waals surface area (Å²) in [7, 11) is 0. The van der Waals surface area contributed by atoms with Gasteiger partial charge in [0.1, 0.15) is 5.82 Å². The molecule has 0 aliphatic carbocycles. The minimum atomic E-state index is -0.156. The van der Waals surface area contributed by atoms with Crippen LogP contribution in [0.5, 0.6) is 0 Å². The van der Waals surface area contributed by atoms with Gasteiger partial charge in [0, 0.05) is 18.3 Å². The molecular weight excluding hydrogens is 240 g/mol. The molecule has 2 aromatic rings. The van der Waals surface area contributed by atoms with Crippen molar-refractivity contribution in [2.24, 2.45) is 5.73 Å². The Balaban J connectivity index is 2.41. The number of rotatable bonds is 5. The van der Waals surface area contributed by atoms with Crippen LogP contribution in [-0.2, 0) is 0 Å². The van der Waals surface area contributed by atoms with E-state index in [4.69, 9.17) is 5.73 Å². The lowest BCUT2D eigenvalue weighted by molar-refractivity contribution is 0.805. The maximum atomic E-state index is 11.4. The second-order valence-electron chi connectivity index (χ2n) is 4.35. The summed E-state index contributed by atoms with van der Waals surface area (Å²) in [5.74, 6) is 0.645. The Bertz CT molecular complexity index is 594. The normalized spacial score (nSPS) is 10.4. The van der Waals surface area contributed by atoms with Gasteiger partial charge in [-0.3, -0.25) is 4.79 Å². The van der Waals surface area contributed by atoms with Gasteiger partial charge in [-0.05, 0) is 31.5 Å². The van der Waals surface area contributed by atoms with Crippen LogP contribution in [0.3, 0.4) is 0 Å². The van der Waals surface area contributed by atoms with Crippen molar-refractivity contribution >= 4 is 11.5 Å². The Labute approximate surface area is 112 Å². The van der Waals surface area contributed by atoms with Gasteiger partial charge in [-0.1, -0.05) is 18.2 Å². The van der Waals surface area contributed by atoms with Crippen LogP contribution in [0.4, 0.5) is 11.5 Å². The number of hydrogen-bond donors (Lipinski definition) is 2. The van der Waals surface area contributed by atoms with Gasteiger partial charge in [0.15, 0.2) is 0 Å². The Hall–Kier alpha value is -2.14. The number of para-hydroxylation sites is 1. The number of aromatic amines is 1. The van der Waals surface area contributed by atoms with E-state index in [1.165, 1.54) is 12.4 Å². The van der Waals surface area contributed by atoms with E-state index < -0.39 is 0 Å². The van der Waals surface area contributed by atoms with Crippen molar-refractivity contribution in [3.05, 3.63) is 52.6 Å². The summed E-state index contributed by atoms with van der Waals surface area (Å²) in [4.78, 5) is 20.2. The molecule has 5 heteroatoms. The maximum absolute atomic E-state index is 11.4. The summed E-state index contributed by atoms with van der Waals surface area (Å²) in [6.07, 6.45) is 2.26. The van der Waals surface area contributed by atoms with Crippen LogP contribution in [0.15, 0.2) is 41.5 Å². The molecule has 2 rings (SSSR count). The van der Waals surface area contributed by atoms with Gasteiger partial charge in [-0.25, -0.2) is 4.98 Å². The zero-order valence-corrected chi connectivity index (χ0v) is 11.0. The van der Waals surface area contributed by atoms with Crippen LogP contribution in [0.1, 0.15) is 12.0 Å². The van der Waals surface area contributed by atoms with Crippen LogP contribution < -0.4 is 16.2 Å². The first-order valence-electron chi connectivity index (χ1n) is 6.30. The number of nitrogens with zero attached hydrogens (tertiary/aromatic N) is 2. The lowest BCUT2D eigenvalue weighted by atomic mass is 10.1. The second-order valence-corrected chi connectivity index (χ2v) is 4.35. The third-order valence-corrected chi connectivity index (χ3v) is 2.93. The average molecular weight is 258 g/mol. The monoisotopic (exact) mass is 258 g/mol. The maximum Gasteiger partial charge on any atom is 0.252 e. The molecule has 5 nitrogen and oxygen atoms in total. The fourth-order valence-corrected chi connectivity index (χ4v) is 1.98. The first-order valence-corrected chi connectivity index (χ1v) is 6.30. The van der Waals surface area contributed by atoms with E-state index in [1.54, 1.807) is 0 Å². The van der Waals surface area contributed by atoms with Crippen molar-refractivity contribution in [3.8, 4) is 0 Å². The number of anilines is 2. The number of hydrogen-bond acceptors (Lipinski definition) is 4. The van der Waals surface area contributed by atoms with E-state index in [9.17, 15) is 4.79 Å². The predicted molar refractivity (Wildman–Crippen MR) is 76.7 cm³/mol. The van der Waals surface area contributed by atoms with Crippen molar-refractivity contribution in [2.45, 2.75) is 13.3 Å². The smallest absolute Gasteiger partial charge is 0.252 e. The summed E-state index contributed by atoms with van der Waals surface area (Å²) >= 11 is 0. The minimum absolute atomic E-state index is 0.156. The highest BCUT2D eigenvalue weighted by Gasteiger charge is 2.12. The van der Waals surface area contributed by atoms with Crippen LogP contribution >= 0.6 is 0 Å². The molecule has 1 heterocycles. The van der Waals surface area contributed by atoms with Crippen LogP contribution in [0.2, 0.25) is 0 Å². The standard InChI is InChI=1S/C14H18N4O/c1-11-5-2-3-6-12(11)18(8-4-7-15)13-9-14(19)17-10-16-13/h2-3,5-6,9-10H,4,7-8,15H2,1H3,(H,16,17,19). The molecule has 0 aliphatic rings. The topological polar surface area (TPSA) is 75.0 Å². The number of benzene rings is 1. The predicted octanol–water partition coefficient (Wildman–Crippen LogP) is 1.57. The summed E-state index contributed by atoms with van der Waals surface area (Å²) < 4.78 is 0. The summed E-state index contributed by atoms with van der Waals surface area (Å²) in [6.45, 7) is 3.38. The molecule has 0 unspecified atom stereocenters. The van der Waals surface area contributed by atoms with Crippen LogP contribution in [-0.4, -0.2) is 23.1 Å². The van der Waals surface area contributed by atoms with Gasteiger partial charge in [0.05, 0.1) is 6.33 Å². The fraction of sp³-hybridized carbons (Fsp3) is 0.286. The van der Waals surface area contributed by atoms with Crippen molar-refractivity contribution in [1.29, 1.82) is 0 Å². The molecule has 0 saturated carbocycles. The molecule has 3 N–H and O–H groups in total. The van der Waals surface area contributed by atoms with E-state index in [2.05, 4.69) is 9.97 Å². The highest BCUT2D eigenvalue weighted by Crippen LogP contribution is 2.25. The molecule has 0 aliphatic heterocycles. The molecule has 0 radical (unpaired) electrons. The molecule has 0 amide bonds. The summed E-state index contributed by atoms with van der Waals surface area (Å²) in [6, 6.07) is 9.53. The number of H-pyrrole nitrogens is 1. The highest BCUT2D eigenvalue weighted by molar-refractivity contribution is 5.63. The van der Waals surface area contributed by atoms with E-state index in [-0.39, 0.29) is 5.56 Å². The van der Waals surface area contributed by atoms with Crippen molar-refractivity contribution < 1.29 is 0 Å². The first-order chi connectivity index (χ1) is 9.22. The summed E-state index contributed by atoms with van der Waals surface area (Å²) in [5.41, 5.74) is 7.62. The second kappa shape index (κ2) is 6.15.